The summed E-state index contributed by atoms with van der Waals surface area (Å²) in [6.45, 7) is 6.35. The lowest BCUT2D eigenvalue weighted by atomic mass is 9.97. The molecule has 1 fully saturated rings. The lowest BCUT2D eigenvalue weighted by Crippen LogP contribution is -2.49. The number of carbonyl (C=O) groups excluding carboxylic acids is 1. The third kappa shape index (κ3) is 3.54. The minimum atomic E-state index is 0.0898. The number of benzene rings is 1. The zero-order chi connectivity index (χ0) is 14.7. The van der Waals surface area contributed by atoms with Gasteiger partial charge < -0.3 is 9.64 Å². The van der Waals surface area contributed by atoms with E-state index >= 15 is 0 Å². The van der Waals surface area contributed by atoms with Gasteiger partial charge in [0.1, 0.15) is 5.75 Å². The Morgan fingerprint density at radius 1 is 1.35 bits per heavy atom. The second kappa shape index (κ2) is 6.61. The Labute approximate surface area is 129 Å². The van der Waals surface area contributed by atoms with E-state index in [0.29, 0.717) is 12.1 Å². The molecular weight excluding hydrogens is 318 g/mol. The van der Waals surface area contributed by atoms with Gasteiger partial charge in [0, 0.05) is 16.6 Å². The van der Waals surface area contributed by atoms with E-state index in [1.807, 2.05) is 30.0 Å². The second-order valence-corrected chi connectivity index (χ2v) is 6.54. The topological polar surface area (TPSA) is 29.5 Å². The number of hydrogen-bond donors (Lipinski definition) is 0. The lowest BCUT2D eigenvalue weighted by Gasteiger charge is -2.39. The minimum Gasteiger partial charge on any atom is -0.483 e. The first-order valence-corrected chi connectivity index (χ1v) is 7.98. The standard InChI is InChI=1S/C16H22BrNO2/c1-11-9-14(17)7-8-15(11)20-10-16(19)18-12(2)5-4-6-13(18)3/h7-9,12-13H,4-6,10H2,1-3H3. The van der Waals surface area contributed by atoms with Gasteiger partial charge in [0.2, 0.25) is 0 Å². The smallest absolute Gasteiger partial charge is 0.260 e. The van der Waals surface area contributed by atoms with Gasteiger partial charge >= 0.3 is 0 Å². The molecule has 0 radical (unpaired) electrons. The SMILES string of the molecule is Cc1cc(Br)ccc1OCC(=O)N1C(C)CCCC1C. The van der Waals surface area contributed by atoms with E-state index in [9.17, 15) is 4.79 Å². The first kappa shape index (κ1) is 15.4. The van der Waals surface area contributed by atoms with Crippen LogP contribution in [0.2, 0.25) is 0 Å². The molecule has 0 N–H and O–H groups in total. The van der Waals surface area contributed by atoms with Crippen LogP contribution in [0.4, 0.5) is 0 Å². The summed E-state index contributed by atoms with van der Waals surface area (Å²) in [6.07, 6.45) is 3.39. The molecule has 0 aliphatic carbocycles. The average Bonchev–Trinajstić information content (AvgIpc) is 2.37. The van der Waals surface area contributed by atoms with E-state index in [2.05, 4.69) is 29.8 Å². The monoisotopic (exact) mass is 339 g/mol. The fraction of sp³-hybridized carbons (Fsp3) is 0.562. The molecule has 0 aromatic heterocycles. The molecule has 1 saturated heterocycles. The van der Waals surface area contributed by atoms with Crippen molar-refractivity contribution >= 4 is 21.8 Å². The largest absolute Gasteiger partial charge is 0.483 e. The van der Waals surface area contributed by atoms with Crippen LogP contribution >= 0.6 is 15.9 Å². The third-order valence-electron chi connectivity index (χ3n) is 3.97. The van der Waals surface area contributed by atoms with Crippen LogP contribution in [-0.4, -0.2) is 29.5 Å². The molecule has 1 aliphatic rings. The summed E-state index contributed by atoms with van der Waals surface area (Å²) < 4.78 is 6.71. The van der Waals surface area contributed by atoms with Gasteiger partial charge in [0.25, 0.3) is 5.91 Å². The molecule has 20 heavy (non-hydrogen) atoms. The number of piperidine rings is 1. The molecule has 2 unspecified atom stereocenters. The van der Waals surface area contributed by atoms with Crippen molar-refractivity contribution in [3.63, 3.8) is 0 Å². The van der Waals surface area contributed by atoms with Crippen LogP contribution in [0.15, 0.2) is 22.7 Å². The maximum absolute atomic E-state index is 12.4. The highest BCUT2D eigenvalue weighted by molar-refractivity contribution is 9.10. The molecule has 0 saturated carbocycles. The highest BCUT2D eigenvalue weighted by Crippen LogP contribution is 2.24. The lowest BCUT2D eigenvalue weighted by molar-refractivity contribution is -0.139. The molecule has 4 heteroatoms. The number of nitrogens with zero attached hydrogens (tertiary/aromatic N) is 1. The molecular formula is C16H22BrNO2. The molecule has 2 atom stereocenters. The molecule has 1 aromatic rings. The van der Waals surface area contributed by atoms with Gasteiger partial charge in [-0.15, -0.1) is 0 Å². The summed E-state index contributed by atoms with van der Waals surface area (Å²) in [7, 11) is 0. The van der Waals surface area contributed by atoms with Gasteiger partial charge in [-0.25, -0.2) is 0 Å². The van der Waals surface area contributed by atoms with Crippen LogP contribution in [-0.2, 0) is 4.79 Å². The van der Waals surface area contributed by atoms with E-state index < -0.39 is 0 Å². The van der Waals surface area contributed by atoms with Crippen molar-refractivity contribution in [2.75, 3.05) is 6.61 Å². The van der Waals surface area contributed by atoms with E-state index in [1.54, 1.807) is 0 Å². The van der Waals surface area contributed by atoms with Crippen LogP contribution in [0, 0.1) is 6.92 Å². The Hall–Kier alpha value is -1.03. The number of likely N-dealkylation sites (tertiary alicyclic amines) is 1. The van der Waals surface area contributed by atoms with Crippen molar-refractivity contribution in [1.82, 2.24) is 4.90 Å². The molecule has 3 nitrogen and oxygen atoms in total. The van der Waals surface area contributed by atoms with E-state index in [-0.39, 0.29) is 12.5 Å². The van der Waals surface area contributed by atoms with Gasteiger partial charge in [-0.05, 0) is 63.8 Å². The Morgan fingerprint density at radius 3 is 2.60 bits per heavy atom. The number of rotatable bonds is 3. The van der Waals surface area contributed by atoms with Crippen molar-refractivity contribution < 1.29 is 9.53 Å². The van der Waals surface area contributed by atoms with E-state index in [1.165, 1.54) is 6.42 Å². The van der Waals surface area contributed by atoms with Gasteiger partial charge in [0.05, 0.1) is 0 Å². The molecule has 2 rings (SSSR count). The van der Waals surface area contributed by atoms with Crippen LogP contribution in [0.3, 0.4) is 0 Å². The first-order chi connectivity index (χ1) is 9.49. The van der Waals surface area contributed by atoms with Crippen molar-refractivity contribution in [3.05, 3.63) is 28.2 Å². The quantitative estimate of drug-likeness (QED) is 0.835. The second-order valence-electron chi connectivity index (χ2n) is 5.63. The maximum atomic E-state index is 12.4. The molecule has 1 aromatic carbocycles. The van der Waals surface area contributed by atoms with E-state index in [4.69, 9.17) is 4.74 Å². The van der Waals surface area contributed by atoms with Gasteiger partial charge in [-0.2, -0.15) is 0 Å². The molecule has 1 amide bonds. The van der Waals surface area contributed by atoms with Crippen molar-refractivity contribution in [2.24, 2.45) is 0 Å². The normalized spacial score (nSPS) is 22.7. The van der Waals surface area contributed by atoms with Crippen LogP contribution in [0.1, 0.15) is 38.7 Å². The van der Waals surface area contributed by atoms with Crippen LogP contribution in [0.25, 0.3) is 0 Å². The highest BCUT2D eigenvalue weighted by atomic mass is 79.9. The maximum Gasteiger partial charge on any atom is 0.260 e. The Morgan fingerprint density at radius 2 is 2.00 bits per heavy atom. The number of amides is 1. The number of aryl methyl sites for hydroxylation is 1. The third-order valence-corrected chi connectivity index (χ3v) is 4.46. The van der Waals surface area contributed by atoms with Gasteiger partial charge in [0.15, 0.2) is 6.61 Å². The summed E-state index contributed by atoms with van der Waals surface area (Å²) in [4.78, 5) is 14.3. The zero-order valence-corrected chi connectivity index (χ0v) is 13.9. The molecule has 110 valence electrons. The van der Waals surface area contributed by atoms with Crippen LogP contribution in [0.5, 0.6) is 5.75 Å². The number of hydrogen-bond acceptors (Lipinski definition) is 2. The molecule has 0 spiro atoms. The van der Waals surface area contributed by atoms with Gasteiger partial charge in [-0.3, -0.25) is 4.79 Å². The Balaban J connectivity index is 1.97. The van der Waals surface area contributed by atoms with Gasteiger partial charge in [-0.1, -0.05) is 15.9 Å². The Kier molecular flexibility index (Phi) is 5.08. The van der Waals surface area contributed by atoms with E-state index in [0.717, 1.165) is 28.6 Å². The minimum absolute atomic E-state index is 0.0898. The number of ether oxygens (including phenoxy) is 1. The fourth-order valence-electron chi connectivity index (χ4n) is 2.90. The number of carbonyl (C=O) groups is 1. The summed E-state index contributed by atoms with van der Waals surface area (Å²) >= 11 is 3.42. The van der Waals surface area contributed by atoms with Crippen molar-refractivity contribution in [3.8, 4) is 5.75 Å². The summed E-state index contributed by atoms with van der Waals surface area (Å²) in [6, 6.07) is 6.46. The van der Waals surface area contributed by atoms with Crippen molar-refractivity contribution in [2.45, 2.75) is 52.1 Å². The van der Waals surface area contributed by atoms with Crippen LogP contribution < -0.4 is 4.74 Å². The summed E-state index contributed by atoms with van der Waals surface area (Å²) in [5, 5.41) is 0. The van der Waals surface area contributed by atoms with Crippen molar-refractivity contribution in [1.29, 1.82) is 0 Å². The molecule has 1 heterocycles. The molecule has 1 aliphatic heterocycles. The first-order valence-electron chi connectivity index (χ1n) is 7.19. The highest BCUT2D eigenvalue weighted by Gasteiger charge is 2.28. The predicted molar refractivity (Wildman–Crippen MR) is 84.0 cm³/mol. The average molecular weight is 340 g/mol. The predicted octanol–water partition coefficient (Wildman–Crippen LogP) is 3.93. The summed E-state index contributed by atoms with van der Waals surface area (Å²) in [5.41, 5.74) is 1.03. The molecule has 0 bridgehead atoms. The number of halogens is 1. The zero-order valence-electron chi connectivity index (χ0n) is 12.4. The Bertz CT molecular complexity index is 479. The fourth-order valence-corrected chi connectivity index (χ4v) is 3.38. The summed E-state index contributed by atoms with van der Waals surface area (Å²) in [5.74, 6) is 0.867.